The standard InChI is InChI=1S/C18H22N2O4.C16H17FN2O3.C16H18N2O4.C15H15BrN2O4/c1-13-11-20(18(24)19-17(13)23)12-15-9-7-14(8-10-15)5-3-2-4-6-16(21)22;1-11-9-19(16(22)18-15(11)21)10-12-5-6-13(14(17)8-12)4-2-3-7-20;1-11-9-18(16(22)17-15(11)21)10-13-7-5-12(6-8-13)3-2-4-14(19)20;16-12-9-18(15(22)17-14(12)21)8-11-6-4-10(5-7-11)2-1-3-13(19)20/h7-11H,2-6,12H2,1H3,(H,21,22)(H,19,23,24);5-9H,2-4,10H2,1H3,(H,18,21,22);5-9H,2-4,10H2,1H3,(H,19,20)(H,17,21,22);4-7,9H,1-3,8H2,(H,19,20)(H,17,21,22). The van der Waals surface area contributed by atoms with E-state index in [9.17, 15) is 61.9 Å². The Labute approximate surface area is 522 Å². The Bertz CT molecular complexity index is 4100. The van der Waals surface area contributed by atoms with Crippen LogP contribution in [0.5, 0.6) is 0 Å². The van der Waals surface area contributed by atoms with Crippen molar-refractivity contribution in [1.29, 1.82) is 0 Å². The molecule has 0 fully saturated rings. The number of carboxylic acid groups (broad SMARTS) is 3. The van der Waals surface area contributed by atoms with Crippen LogP contribution in [0.1, 0.15) is 125 Å². The summed E-state index contributed by atoms with van der Waals surface area (Å²) in [6.45, 7) is 6.25. The minimum absolute atomic E-state index is 0.155. The molecule has 8 aromatic rings. The van der Waals surface area contributed by atoms with Crippen LogP contribution in [0.2, 0.25) is 0 Å². The van der Waals surface area contributed by atoms with E-state index in [-0.39, 0.29) is 42.7 Å². The molecular weight excluding hydrogens is 1230 g/mol. The summed E-state index contributed by atoms with van der Waals surface area (Å²) in [6, 6.07) is 28.1. The van der Waals surface area contributed by atoms with Crippen LogP contribution in [0.4, 0.5) is 4.39 Å². The van der Waals surface area contributed by atoms with Crippen molar-refractivity contribution in [3.63, 3.8) is 0 Å². The lowest BCUT2D eigenvalue weighted by atomic mass is 10.0. The van der Waals surface area contributed by atoms with Gasteiger partial charge in [0.15, 0.2) is 0 Å². The first-order chi connectivity index (χ1) is 42.9. The summed E-state index contributed by atoms with van der Waals surface area (Å²) < 4.78 is 20.0. The topological polar surface area (TPSA) is 348 Å². The van der Waals surface area contributed by atoms with E-state index in [0.717, 1.165) is 53.4 Å². The third-order valence-electron chi connectivity index (χ3n) is 14.0. The highest BCUT2D eigenvalue weighted by molar-refractivity contribution is 9.10. The van der Waals surface area contributed by atoms with Crippen LogP contribution in [-0.4, -0.2) is 77.7 Å². The van der Waals surface area contributed by atoms with E-state index in [1.807, 2.05) is 72.8 Å². The second kappa shape index (κ2) is 35.8. The number of aliphatic carboxylic acids is 3. The number of halogens is 2. The first kappa shape index (κ1) is 70.8. The van der Waals surface area contributed by atoms with Gasteiger partial charge in [-0.25, -0.2) is 23.6 Å². The fourth-order valence-electron chi connectivity index (χ4n) is 8.97. The number of carboxylic acids is 3. The predicted octanol–water partition coefficient (Wildman–Crippen LogP) is 6.69. The van der Waals surface area contributed by atoms with Crippen molar-refractivity contribution < 1.29 is 38.9 Å². The van der Waals surface area contributed by atoms with Gasteiger partial charge in [-0.05, 0) is 145 Å². The first-order valence-electron chi connectivity index (χ1n) is 28.9. The quantitative estimate of drug-likeness (QED) is 0.0219. The second-order valence-electron chi connectivity index (χ2n) is 21.3. The molecule has 0 saturated carbocycles. The van der Waals surface area contributed by atoms with E-state index in [2.05, 4.69) is 35.9 Å². The number of aromatic nitrogens is 8. The molecule has 0 aliphatic carbocycles. The minimum atomic E-state index is -0.792. The van der Waals surface area contributed by atoms with E-state index in [1.54, 1.807) is 45.3 Å². The van der Waals surface area contributed by atoms with Crippen LogP contribution in [-0.2, 0) is 71.0 Å². The number of rotatable bonds is 26. The van der Waals surface area contributed by atoms with Crippen LogP contribution in [0.3, 0.4) is 0 Å². The number of H-pyrrole nitrogens is 4. The zero-order chi connectivity index (χ0) is 65.9. The predicted molar refractivity (Wildman–Crippen MR) is 339 cm³/mol. The van der Waals surface area contributed by atoms with Crippen molar-refractivity contribution in [2.24, 2.45) is 0 Å². The van der Waals surface area contributed by atoms with Gasteiger partial charge in [0.05, 0.1) is 30.7 Å². The lowest BCUT2D eigenvalue weighted by Gasteiger charge is -2.08. The summed E-state index contributed by atoms with van der Waals surface area (Å²) in [5, 5.41) is 25.8. The number of unbranched alkanes of at least 4 members (excludes halogenated alkanes) is 3. The normalized spacial score (nSPS) is 10.6. The third kappa shape index (κ3) is 24.3. The van der Waals surface area contributed by atoms with Gasteiger partial charge >= 0.3 is 40.7 Å². The van der Waals surface area contributed by atoms with Crippen molar-refractivity contribution in [2.75, 3.05) is 0 Å². The zero-order valence-corrected chi connectivity index (χ0v) is 51.6. The highest BCUT2D eigenvalue weighted by Gasteiger charge is 2.10. The van der Waals surface area contributed by atoms with Crippen LogP contribution in [0, 0.1) is 26.6 Å². The number of aromatic amines is 4. The lowest BCUT2D eigenvalue weighted by Crippen LogP contribution is -2.31. The molecule has 0 unspecified atom stereocenters. The van der Waals surface area contributed by atoms with E-state index in [1.165, 1.54) is 42.3 Å². The Morgan fingerprint density at radius 2 is 0.744 bits per heavy atom. The Morgan fingerprint density at radius 1 is 0.422 bits per heavy atom. The monoisotopic (exact) mass is 1300 g/mol. The van der Waals surface area contributed by atoms with Crippen LogP contribution in [0.15, 0.2) is 159 Å². The van der Waals surface area contributed by atoms with Gasteiger partial charge in [0.2, 0.25) is 0 Å². The lowest BCUT2D eigenvalue weighted by molar-refractivity contribution is -0.138. The Balaban J connectivity index is 0.000000218. The average Bonchev–Trinajstić information content (AvgIpc) is 2.15. The summed E-state index contributed by atoms with van der Waals surface area (Å²) in [7, 11) is 0. The van der Waals surface area contributed by atoms with Gasteiger partial charge in [-0.1, -0.05) is 91.3 Å². The van der Waals surface area contributed by atoms with Crippen molar-refractivity contribution in [3.8, 4) is 0 Å². The number of benzene rings is 4. The molecule has 90 heavy (non-hydrogen) atoms. The molecule has 7 N–H and O–H groups in total. The minimum Gasteiger partial charge on any atom is -0.481 e. The highest BCUT2D eigenvalue weighted by atomic mass is 79.9. The molecule has 0 spiro atoms. The van der Waals surface area contributed by atoms with Gasteiger partial charge in [-0.3, -0.25) is 71.8 Å². The van der Waals surface area contributed by atoms with Gasteiger partial charge < -0.3 is 20.1 Å². The van der Waals surface area contributed by atoms with E-state index >= 15 is 0 Å². The van der Waals surface area contributed by atoms with Crippen LogP contribution >= 0.6 is 15.9 Å². The Hall–Kier alpha value is -9.91. The van der Waals surface area contributed by atoms with Crippen molar-refractivity contribution >= 4 is 40.1 Å². The summed E-state index contributed by atoms with van der Waals surface area (Å²) in [4.78, 5) is 143. The smallest absolute Gasteiger partial charge is 0.328 e. The van der Waals surface area contributed by atoms with E-state index in [0.29, 0.717) is 103 Å². The summed E-state index contributed by atoms with van der Waals surface area (Å²) >= 11 is 3.09. The second-order valence-corrected chi connectivity index (χ2v) is 22.2. The average molecular weight is 1300 g/mol. The molecule has 25 heteroatoms. The summed E-state index contributed by atoms with van der Waals surface area (Å²) in [5.41, 5.74) is 5.35. The molecule has 476 valence electrons. The molecule has 0 bridgehead atoms. The molecule has 4 aromatic heterocycles. The van der Waals surface area contributed by atoms with Crippen LogP contribution in [0.25, 0.3) is 0 Å². The maximum atomic E-state index is 14.0. The number of aldehydes is 1. The SMILES string of the molecule is Cc1cn(Cc2ccc(CCCC(=O)O)cc2)c(=O)[nH]c1=O.Cc1cn(Cc2ccc(CCCC=O)c(F)c2)c(=O)[nH]c1=O.Cc1cn(Cc2ccc(CCCCCC(=O)O)cc2)c(=O)[nH]c1=O.O=C(O)CCCc1ccc(Cn2cc(Br)c(=O)[nH]c2=O)cc1. The maximum Gasteiger partial charge on any atom is 0.328 e. The molecule has 0 saturated heterocycles. The van der Waals surface area contributed by atoms with Gasteiger partial charge in [-0.15, -0.1) is 0 Å². The van der Waals surface area contributed by atoms with Crippen molar-refractivity contribution in [3.05, 3.63) is 271 Å². The highest BCUT2D eigenvalue weighted by Crippen LogP contribution is 2.16. The van der Waals surface area contributed by atoms with Crippen molar-refractivity contribution in [2.45, 2.75) is 137 Å². The summed E-state index contributed by atoms with van der Waals surface area (Å²) in [5.74, 6) is -2.67. The van der Waals surface area contributed by atoms with Crippen molar-refractivity contribution in [1.82, 2.24) is 38.2 Å². The Morgan fingerprint density at radius 3 is 1.11 bits per heavy atom. The molecule has 4 heterocycles. The molecule has 8 rings (SSSR count). The van der Waals surface area contributed by atoms with E-state index < -0.39 is 51.8 Å². The summed E-state index contributed by atoms with van der Waals surface area (Å²) in [6.07, 6.45) is 15.0. The number of aryl methyl sites for hydroxylation is 7. The maximum absolute atomic E-state index is 14.0. The van der Waals surface area contributed by atoms with E-state index in [4.69, 9.17) is 15.3 Å². The number of nitrogens with one attached hydrogen (secondary N) is 4. The van der Waals surface area contributed by atoms with Crippen LogP contribution < -0.4 is 45.0 Å². The number of carbonyl (C=O) groups is 4. The molecule has 0 aliphatic heterocycles. The molecule has 0 atom stereocenters. The number of hydrogen-bond acceptors (Lipinski definition) is 12. The molecular formula is C65H72BrFN8O15. The number of nitrogens with zero attached hydrogens (tertiary/aromatic N) is 4. The fourth-order valence-corrected chi connectivity index (χ4v) is 9.31. The van der Waals surface area contributed by atoms with Gasteiger partial charge in [0.1, 0.15) is 12.1 Å². The van der Waals surface area contributed by atoms with Gasteiger partial charge in [0, 0.05) is 67.2 Å². The Kier molecular flexibility index (Phi) is 28.2. The molecule has 4 aromatic carbocycles. The molecule has 0 amide bonds. The largest absolute Gasteiger partial charge is 0.481 e. The molecule has 0 aliphatic rings. The third-order valence-corrected chi connectivity index (χ3v) is 14.5. The molecule has 23 nitrogen and oxygen atoms in total. The first-order valence-corrected chi connectivity index (χ1v) is 29.7. The van der Waals surface area contributed by atoms with Gasteiger partial charge in [0.25, 0.3) is 22.2 Å². The zero-order valence-electron chi connectivity index (χ0n) is 50.1. The van der Waals surface area contributed by atoms with Gasteiger partial charge in [-0.2, -0.15) is 0 Å². The fraction of sp³-hybridized carbons (Fsp3) is 0.323. The number of carbonyl (C=O) groups excluding carboxylic acids is 1. The number of hydrogen-bond donors (Lipinski definition) is 7. The molecule has 0 radical (unpaired) electrons.